The lowest BCUT2D eigenvalue weighted by atomic mass is 9.91. The van der Waals surface area contributed by atoms with Crippen LogP contribution < -0.4 is 5.32 Å². The molecule has 0 spiro atoms. The van der Waals surface area contributed by atoms with Gasteiger partial charge in [0.05, 0.1) is 12.7 Å². The fraction of sp³-hybridized carbons (Fsp3) is 1.00. The number of fused-ring (bicyclic) bond motifs is 1. The second kappa shape index (κ2) is 5.10. The number of nitrogens with one attached hydrogen (secondary N) is 1. The minimum Gasteiger partial charge on any atom is -0.375 e. The Morgan fingerprint density at radius 2 is 2.06 bits per heavy atom. The van der Waals surface area contributed by atoms with Crippen LogP contribution in [0.25, 0.3) is 0 Å². The van der Waals surface area contributed by atoms with Gasteiger partial charge in [-0.05, 0) is 37.5 Å². The van der Waals surface area contributed by atoms with Gasteiger partial charge >= 0.3 is 0 Å². The first-order valence-corrected chi connectivity index (χ1v) is 7.73. The molecular weight excluding hydrogens is 224 g/mol. The number of hydrogen-bond acceptors (Lipinski definition) is 3. The van der Waals surface area contributed by atoms with Gasteiger partial charge in [0, 0.05) is 31.7 Å². The van der Waals surface area contributed by atoms with E-state index in [0.29, 0.717) is 17.6 Å². The maximum atomic E-state index is 5.90. The summed E-state index contributed by atoms with van der Waals surface area (Å²) in [6.45, 7) is 9.26. The van der Waals surface area contributed by atoms with Crippen molar-refractivity contribution in [1.29, 1.82) is 0 Å². The number of morpholine rings is 1. The highest BCUT2D eigenvalue weighted by atomic mass is 16.5. The lowest BCUT2D eigenvalue weighted by Crippen LogP contribution is -2.52. The summed E-state index contributed by atoms with van der Waals surface area (Å²) in [7, 11) is 0. The van der Waals surface area contributed by atoms with Crippen LogP contribution in [-0.4, -0.2) is 49.3 Å². The summed E-state index contributed by atoms with van der Waals surface area (Å²) in [5.41, 5.74) is 0.382. The predicted molar refractivity (Wildman–Crippen MR) is 73.8 cm³/mol. The molecule has 3 rings (SSSR count). The first-order chi connectivity index (χ1) is 8.64. The smallest absolute Gasteiger partial charge is 0.0730 e. The van der Waals surface area contributed by atoms with Crippen molar-refractivity contribution < 1.29 is 4.74 Å². The minimum absolute atomic E-state index is 0.382. The fourth-order valence-electron chi connectivity index (χ4n) is 3.52. The van der Waals surface area contributed by atoms with Crippen LogP contribution in [0.15, 0.2) is 0 Å². The van der Waals surface area contributed by atoms with Gasteiger partial charge in [-0.25, -0.2) is 0 Å². The molecule has 0 radical (unpaired) electrons. The molecule has 3 nitrogen and oxygen atoms in total. The number of hydrogen-bond donors (Lipinski definition) is 1. The standard InChI is InChI=1S/C15H28N2O/c1-15(2,10-16-12-6-7-12)11-17-8-9-18-14-5-3-4-13(14)17/h12-14,16H,3-11H2,1-2H3. The van der Waals surface area contributed by atoms with Gasteiger partial charge in [-0.15, -0.1) is 0 Å². The number of nitrogens with zero attached hydrogens (tertiary/aromatic N) is 1. The van der Waals surface area contributed by atoms with Gasteiger partial charge in [0.15, 0.2) is 0 Å². The monoisotopic (exact) mass is 252 g/mol. The van der Waals surface area contributed by atoms with Crippen molar-refractivity contribution in [2.75, 3.05) is 26.2 Å². The Morgan fingerprint density at radius 1 is 1.22 bits per heavy atom. The molecule has 1 N–H and O–H groups in total. The molecule has 18 heavy (non-hydrogen) atoms. The second-order valence-corrected chi connectivity index (χ2v) is 7.20. The van der Waals surface area contributed by atoms with Crippen LogP contribution in [0.4, 0.5) is 0 Å². The van der Waals surface area contributed by atoms with Gasteiger partial charge in [-0.2, -0.15) is 0 Å². The van der Waals surface area contributed by atoms with E-state index in [1.165, 1.54) is 38.6 Å². The summed E-state index contributed by atoms with van der Waals surface area (Å²) in [6, 6.07) is 1.53. The average Bonchev–Trinajstić information content (AvgIpc) is 3.03. The molecule has 2 saturated carbocycles. The zero-order valence-electron chi connectivity index (χ0n) is 12.0. The molecular formula is C15H28N2O. The van der Waals surface area contributed by atoms with Crippen molar-refractivity contribution in [3.8, 4) is 0 Å². The van der Waals surface area contributed by atoms with Crippen molar-refractivity contribution in [1.82, 2.24) is 10.2 Å². The van der Waals surface area contributed by atoms with Crippen LogP contribution in [0, 0.1) is 5.41 Å². The first-order valence-electron chi connectivity index (χ1n) is 7.73. The van der Waals surface area contributed by atoms with Crippen LogP contribution in [0.2, 0.25) is 0 Å². The normalized spacial score (nSPS) is 33.7. The first kappa shape index (κ1) is 12.9. The number of ether oxygens (including phenoxy) is 1. The van der Waals surface area contributed by atoms with E-state index in [1.54, 1.807) is 0 Å². The van der Waals surface area contributed by atoms with Crippen molar-refractivity contribution in [3.05, 3.63) is 0 Å². The van der Waals surface area contributed by atoms with E-state index in [4.69, 9.17) is 4.74 Å². The summed E-state index contributed by atoms with van der Waals surface area (Å²) in [5, 5.41) is 3.69. The Morgan fingerprint density at radius 3 is 2.83 bits per heavy atom. The second-order valence-electron chi connectivity index (χ2n) is 7.20. The molecule has 3 aliphatic rings. The van der Waals surface area contributed by atoms with E-state index >= 15 is 0 Å². The van der Waals surface area contributed by atoms with Crippen molar-refractivity contribution in [2.45, 2.75) is 64.1 Å². The summed E-state index contributed by atoms with van der Waals surface area (Å²) in [6.07, 6.45) is 7.29. The van der Waals surface area contributed by atoms with E-state index in [9.17, 15) is 0 Å². The molecule has 2 atom stereocenters. The summed E-state index contributed by atoms with van der Waals surface area (Å²) >= 11 is 0. The third kappa shape index (κ3) is 3.06. The van der Waals surface area contributed by atoms with Crippen LogP contribution in [0.5, 0.6) is 0 Å². The molecule has 3 heteroatoms. The zero-order chi connectivity index (χ0) is 12.6. The highest BCUT2D eigenvalue weighted by molar-refractivity contribution is 4.92. The highest BCUT2D eigenvalue weighted by Crippen LogP contribution is 2.32. The summed E-state index contributed by atoms with van der Waals surface area (Å²) in [5.74, 6) is 0. The largest absolute Gasteiger partial charge is 0.375 e. The summed E-state index contributed by atoms with van der Waals surface area (Å²) < 4.78 is 5.90. The van der Waals surface area contributed by atoms with Crippen LogP contribution >= 0.6 is 0 Å². The highest BCUT2D eigenvalue weighted by Gasteiger charge is 2.38. The fourth-order valence-corrected chi connectivity index (χ4v) is 3.52. The van der Waals surface area contributed by atoms with Crippen molar-refractivity contribution in [2.24, 2.45) is 5.41 Å². The Kier molecular flexibility index (Phi) is 3.65. The Balaban J connectivity index is 1.52. The van der Waals surface area contributed by atoms with E-state index < -0.39 is 0 Å². The third-order valence-corrected chi connectivity index (χ3v) is 4.67. The maximum Gasteiger partial charge on any atom is 0.0730 e. The molecule has 2 aliphatic carbocycles. The molecule has 1 aliphatic heterocycles. The maximum absolute atomic E-state index is 5.90. The van der Waals surface area contributed by atoms with Gasteiger partial charge in [-0.3, -0.25) is 4.90 Å². The van der Waals surface area contributed by atoms with Crippen molar-refractivity contribution >= 4 is 0 Å². The quantitative estimate of drug-likeness (QED) is 0.810. The SMILES string of the molecule is CC(C)(CNC1CC1)CN1CCOC2CCCC21. The van der Waals surface area contributed by atoms with E-state index in [1.807, 2.05) is 0 Å². The molecule has 1 heterocycles. The van der Waals surface area contributed by atoms with Crippen LogP contribution in [0.3, 0.4) is 0 Å². The number of rotatable bonds is 5. The molecule has 104 valence electrons. The molecule has 0 aromatic rings. The molecule has 0 aromatic heterocycles. The Hall–Kier alpha value is -0.120. The molecule has 0 bridgehead atoms. The predicted octanol–water partition coefficient (Wildman–Crippen LogP) is 2.02. The molecule has 1 saturated heterocycles. The minimum atomic E-state index is 0.382. The third-order valence-electron chi connectivity index (χ3n) is 4.67. The van der Waals surface area contributed by atoms with Gasteiger partial charge < -0.3 is 10.1 Å². The molecule has 2 unspecified atom stereocenters. The molecule has 0 amide bonds. The van der Waals surface area contributed by atoms with E-state index in [0.717, 1.165) is 25.7 Å². The Bertz CT molecular complexity index is 288. The van der Waals surface area contributed by atoms with Gasteiger partial charge in [0.1, 0.15) is 0 Å². The van der Waals surface area contributed by atoms with Gasteiger partial charge in [-0.1, -0.05) is 13.8 Å². The summed E-state index contributed by atoms with van der Waals surface area (Å²) in [4.78, 5) is 2.70. The lowest BCUT2D eigenvalue weighted by molar-refractivity contribution is -0.0657. The van der Waals surface area contributed by atoms with E-state index in [2.05, 4.69) is 24.1 Å². The molecule has 3 fully saturated rings. The van der Waals surface area contributed by atoms with E-state index in [-0.39, 0.29) is 0 Å². The average molecular weight is 252 g/mol. The topological polar surface area (TPSA) is 24.5 Å². The van der Waals surface area contributed by atoms with Crippen molar-refractivity contribution in [3.63, 3.8) is 0 Å². The van der Waals surface area contributed by atoms with Gasteiger partial charge in [0.2, 0.25) is 0 Å². The Labute approximate surface area is 111 Å². The van der Waals surface area contributed by atoms with Gasteiger partial charge in [0.25, 0.3) is 0 Å². The van der Waals surface area contributed by atoms with Crippen LogP contribution in [0.1, 0.15) is 46.0 Å². The molecule has 0 aromatic carbocycles. The zero-order valence-corrected chi connectivity index (χ0v) is 12.0. The van der Waals surface area contributed by atoms with Crippen LogP contribution in [-0.2, 0) is 4.74 Å². The lowest BCUT2D eigenvalue weighted by Gasteiger charge is -2.42.